The Bertz CT molecular complexity index is 1430. The molecule has 1 aliphatic heterocycles. The van der Waals surface area contributed by atoms with Gasteiger partial charge >= 0.3 is 0 Å². The number of nitrogens with one attached hydrogen (secondary N) is 1. The summed E-state index contributed by atoms with van der Waals surface area (Å²) >= 11 is 2.60. The Balaban J connectivity index is 1.41. The molecule has 4 aromatic rings. The van der Waals surface area contributed by atoms with E-state index in [4.69, 9.17) is 9.47 Å². The molecule has 0 radical (unpaired) electrons. The van der Waals surface area contributed by atoms with Gasteiger partial charge in [-0.3, -0.25) is 14.2 Å². The first kappa shape index (κ1) is 21.5. The van der Waals surface area contributed by atoms with E-state index in [1.807, 2.05) is 43.5 Å². The Morgan fingerprint density at radius 1 is 1.09 bits per heavy atom. The number of nitrogens with zero attached hydrogens (tertiary/aromatic N) is 2. The Morgan fingerprint density at radius 2 is 1.91 bits per heavy atom. The van der Waals surface area contributed by atoms with Gasteiger partial charge < -0.3 is 14.8 Å². The van der Waals surface area contributed by atoms with E-state index >= 15 is 0 Å². The molecular formula is C24H21N3O4S2. The fraction of sp³-hybridized carbons (Fsp3) is 0.208. The van der Waals surface area contributed by atoms with Crippen LogP contribution in [0.15, 0.2) is 57.8 Å². The monoisotopic (exact) mass is 479 g/mol. The smallest absolute Gasteiger partial charge is 0.276 e. The maximum Gasteiger partial charge on any atom is 0.276 e. The highest BCUT2D eigenvalue weighted by molar-refractivity contribution is 7.99. The van der Waals surface area contributed by atoms with Crippen molar-refractivity contribution in [1.82, 2.24) is 9.55 Å². The first-order valence-corrected chi connectivity index (χ1v) is 12.3. The Kier molecular flexibility index (Phi) is 5.82. The van der Waals surface area contributed by atoms with Gasteiger partial charge in [-0.05, 0) is 60.7 Å². The van der Waals surface area contributed by atoms with E-state index in [0.29, 0.717) is 45.8 Å². The van der Waals surface area contributed by atoms with Crippen molar-refractivity contribution >= 4 is 44.9 Å². The average molecular weight is 480 g/mol. The Hall–Kier alpha value is -3.30. The number of aromatic nitrogens is 2. The van der Waals surface area contributed by atoms with Crippen LogP contribution < -0.4 is 20.3 Å². The van der Waals surface area contributed by atoms with Gasteiger partial charge in [-0.1, -0.05) is 17.8 Å². The van der Waals surface area contributed by atoms with Crippen LogP contribution in [-0.4, -0.2) is 34.4 Å². The fourth-order valence-corrected chi connectivity index (χ4v) is 5.10. The number of carbonyl (C=O) groups excluding carboxylic acids is 1. The molecule has 1 aliphatic rings. The van der Waals surface area contributed by atoms with E-state index in [1.165, 1.54) is 23.1 Å². The van der Waals surface area contributed by atoms with E-state index in [2.05, 4.69) is 10.3 Å². The van der Waals surface area contributed by atoms with Crippen LogP contribution in [0.1, 0.15) is 11.1 Å². The zero-order valence-electron chi connectivity index (χ0n) is 18.1. The van der Waals surface area contributed by atoms with Crippen molar-refractivity contribution in [1.29, 1.82) is 0 Å². The van der Waals surface area contributed by atoms with E-state index in [9.17, 15) is 9.59 Å². The highest BCUT2D eigenvalue weighted by Crippen LogP contribution is 2.33. The third-order valence-corrected chi connectivity index (χ3v) is 7.19. The van der Waals surface area contributed by atoms with Gasteiger partial charge in [-0.25, -0.2) is 4.98 Å². The standard InChI is InChI=1S/C24H21N3O4S2/c1-14-3-5-17(11-15(14)2)27-23(29)22-18(7-10-32-22)26-24(27)33-13-21(28)25-16-4-6-19-20(12-16)31-9-8-30-19/h3-7,10-12H,8-9,13H2,1-2H3,(H,25,28). The topological polar surface area (TPSA) is 82.5 Å². The first-order chi connectivity index (χ1) is 16.0. The molecule has 0 unspecified atom stereocenters. The number of ether oxygens (including phenoxy) is 2. The SMILES string of the molecule is Cc1ccc(-n2c(SCC(=O)Nc3ccc4c(c3)OCCO4)nc3ccsc3c2=O)cc1C. The van der Waals surface area contributed by atoms with Crippen molar-refractivity contribution in [3.05, 3.63) is 69.3 Å². The number of anilines is 1. The molecule has 0 saturated carbocycles. The number of hydrogen-bond acceptors (Lipinski definition) is 7. The second kappa shape index (κ2) is 8.92. The highest BCUT2D eigenvalue weighted by atomic mass is 32.2. The number of fused-ring (bicyclic) bond motifs is 2. The molecule has 5 rings (SSSR count). The number of benzene rings is 2. The minimum atomic E-state index is -0.206. The molecule has 3 heterocycles. The molecule has 0 bridgehead atoms. The summed E-state index contributed by atoms with van der Waals surface area (Å²) in [6.45, 7) is 5.03. The molecule has 0 aliphatic carbocycles. The lowest BCUT2D eigenvalue weighted by molar-refractivity contribution is -0.113. The molecule has 33 heavy (non-hydrogen) atoms. The summed E-state index contributed by atoms with van der Waals surface area (Å²) < 4.78 is 13.3. The summed E-state index contributed by atoms with van der Waals surface area (Å²) in [4.78, 5) is 30.6. The van der Waals surface area contributed by atoms with E-state index in [-0.39, 0.29) is 17.2 Å². The van der Waals surface area contributed by atoms with Crippen LogP contribution in [0.25, 0.3) is 15.9 Å². The molecule has 1 N–H and O–H groups in total. The van der Waals surface area contributed by atoms with Gasteiger partial charge in [0.15, 0.2) is 16.7 Å². The van der Waals surface area contributed by atoms with Gasteiger partial charge in [0.1, 0.15) is 17.9 Å². The van der Waals surface area contributed by atoms with Gasteiger partial charge in [0.25, 0.3) is 5.56 Å². The van der Waals surface area contributed by atoms with E-state index < -0.39 is 0 Å². The molecule has 168 valence electrons. The van der Waals surface area contributed by atoms with Crippen molar-refractivity contribution in [2.24, 2.45) is 0 Å². The molecule has 0 spiro atoms. The van der Waals surface area contributed by atoms with Crippen molar-refractivity contribution in [2.75, 3.05) is 24.3 Å². The number of carbonyl (C=O) groups is 1. The summed E-state index contributed by atoms with van der Waals surface area (Å²) in [5.74, 6) is 1.17. The number of hydrogen-bond donors (Lipinski definition) is 1. The van der Waals surface area contributed by atoms with Crippen LogP contribution in [0.5, 0.6) is 11.5 Å². The minimum absolute atomic E-state index is 0.0986. The maximum absolute atomic E-state index is 13.3. The molecule has 0 atom stereocenters. The quantitative estimate of drug-likeness (QED) is 0.334. The molecule has 0 saturated heterocycles. The predicted octanol–water partition coefficient (Wildman–Crippen LogP) is 4.57. The molecule has 2 aromatic carbocycles. The largest absolute Gasteiger partial charge is 0.486 e. The maximum atomic E-state index is 13.3. The number of aryl methyl sites for hydroxylation is 2. The van der Waals surface area contributed by atoms with Crippen molar-refractivity contribution in [2.45, 2.75) is 19.0 Å². The lowest BCUT2D eigenvalue weighted by atomic mass is 10.1. The van der Waals surface area contributed by atoms with Crippen LogP contribution in [0.4, 0.5) is 5.69 Å². The van der Waals surface area contributed by atoms with Gasteiger partial charge in [-0.15, -0.1) is 11.3 Å². The minimum Gasteiger partial charge on any atom is -0.486 e. The average Bonchev–Trinajstić information content (AvgIpc) is 3.29. The summed E-state index contributed by atoms with van der Waals surface area (Å²) in [5, 5.41) is 5.21. The second-order valence-electron chi connectivity index (χ2n) is 7.63. The van der Waals surface area contributed by atoms with Crippen molar-refractivity contribution < 1.29 is 14.3 Å². The second-order valence-corrected chi connectivity index (χ2v) is 9.49. The van der Waals surface area contributed by atoms with Gasteiger partial charge in [0, 0.05) is 11.8 Å². The Labute approximate surface area is 198 Å². The molecular weight excluding hydrogens is 458 g/mol. The highest BCUT2D eigenvalue weighted by Gasteiger charge is 2.17. The fourth-order valence-electron chi connectivity index (χ4n) is 3.53. The number of amides is 1. The summed E-state index contributed by atoms with van der Waals surface area (Å²) in [6.07, 6.45) is 0. The van der Waals surface area contributed by atoms with Gasteiger partial charge in [-0.2, -0.15) is 0 Å². The van der Waals surface area contributed by atoms with Gasteiger partial charge in [0.2, 0.25) is 5.91 Å². The lowest BCUT2D eigenvalue weighted by Gasteiger charge is -2.19. The molecule has 7 nitrogen and oxygen atoms in total. The number of thioether (sulfide) groups is 1. The third kappa shape index (κ3) is 4.34. The first-order valence-electron chi connectivity index (χ1n) is 10.4. The lowest BCUT2D eigenvalue weighted by Crippen LogP contribution is -2.22. The van der Waals surface area contributed by atoms with E-state index in [1.54, 1.807) is 22.8 Å². The summed E-state index contributed by atoms with van der Waals surface area (Å²) in [7, 11) is 0. The summed E-state index contributed by atoms with van der Waals surface area (Å²) in [5.41, 5.74) is 4.09. The van der Waals surface area contributed by atoms with Crippen molar-refractivity contribution in [3.8, 4) is 17.2 Å². The van der Waals surface area contributed by atoms with Crippen LogP contribution in [-0.2, 0) is 4.79 Å². The molecule has 2 aromatic heterocycles. The summed E-state index contributed by atoms with van der Waals surface area (Å²) in [6, 6.07) is 13.0. The van der Waals surface area contributed by atoms with Crippen LogP contribution >= 0.6 is 23.1 Å². The zero-order chi connectivity index (χ0) is 22.9. The Morgan fingerprint density at radius 3 is 2.73 bits per heavy atom. The number of rotatable bonds is 5. The van der Waals surface area contributed by atoms with Crippen LogP contribution in [0.3, 0.4) is 0 Å². The predicted molar refractivity (Wildman–Crippen MR) is 131 cm³/mol. The zero-order valence-corrected chi connectivity index (χ0v) is 19.7. The van der Waals surface area contributed by atoms with Crippen LogP contribution in [0, 0.1) is 13.8 Å². The normalized spacial score (nSPS) is 12.7. The molecule has 1 amide bonds. The van der Waals surface area contributed by atoms with E-state index in [0.717, 1.165) is 16.8 Å². The number of thiophene rings is 1. The molecule has 0 fully saturated rings. The van der Waals surface area contributed by atoms with Crippen molar-refractivity contribution in [3.63, 3.8) is 0 Å². The van der Waals surface area contributed by atoms with Gasteiger partial charge in [0.05, 0.1) is 17.0 Å². The molecule has 9 heteroatoms. The van der Waals surface area contributed by atoms with Crippen LogP contribution in [0.2, 0.25) is 0 Å². The third-order valence-electron chi connectivity index (χ3n) is 5.36.